The van der Waals surface area contributed by atoms with Gasteiger partial charge in [-0.15, -0.1) is 0 Å². The Morgan fingerprint density at radius 2 is 1.90 bits per heavy atom. The van der Waals surface area contributed by atoms with Crippen LogP contribution in [-0.4, -0.2) is 46.2 Å². The van der Waals surface area contributed by atoms with Crippen molar-refractivity contribution < 1.29 is 27.1 Å². The average Bonchev–Trinajstić information content (AvgIpc) is 3.41. The molecule has 1 amide bonds. The zero-order valence-electron chi connectivity index (χ0n) is 17.3. The third-order valence-corrected chi connectivity index (χ3v) is 6.85. The Labute approximate surface area is 182 Å². The average molecular weight is 457 g/mol. The zero-order chi connectivity index (χ0) is 22.4. The van der Waals surface area contributed by atoms with Crippen LogP contribution in [0.1, 0.15) is 35.7 Å². The lowest BCUT2D eigenvalue weighted by atomic mass is 9.94. The minimum atomic E-state index is -1.43. The van der Waals surface area contributed by atoms with Gasteiger partial charge in [0.2, 0.25) is 5.91 Å². The minimum Gasteiger partial charge on any atom is -0.383 e. The summed E-state index contributed by atoms with van der Waals surface area (Å²) in [5.41, 5.74) is 0.699. The van der Waals surface area contributed by atoms with Crippen LogP contribution in [0.3, 0.4) is 0 Å². The zero-order valence-corrected chi connectivity index (χ0v) is 18.1. The summed E-state index contributed by atoms with van der Waals surface area (Å²) in [5, 5.41) is 0. The van der Waals surface area contributed by atoms with E-state index in [0.29, 0.717) is 29.3 Å². The Kier molecular flexibility index (Phi) is 5.95. The van der Waals surface area contributed by atoms with E-state index in [0.717, 1.165) is 12.8 Å². The van der Waals surface area contributed by atoms with E-state index in [1.165, 1.54) is 0 Å². The lowest BCUT2D eigenvalue weighted by Crippen LogP contribution is -2.39. The molecule has 2 aromatic rings. The van der Waals surface area contributed by atoms with E-state index in [2.05, 4.69) is 0 Å². The first-order valence-corrected chi connectivity index (χ1v) is 10.5. The highest BCUT2D eigenvalue weighted by molar-refractivity contribution is 7.71. The molecule has 2 unspecified atom stereocenters. The number of fused-ring (bicyclic) bond motifs is 1. The molecule has 2 aliphatic heterocycles. The third-order valence-electron chi connectivity index (χ3n) is 6.35. The fourth-order valence-electron chi connectivity index (χ4n) is 4.83. The molecule has 1 fully saturated rings. The molecule has 0 N–H and O–H groups in total. The van der Waals surface area contributed by atoms with Crippen LogP contribution in [0, 0.1) is 28.0 Å². The van der Waals surface area contributed by atoms with Crippen LogP contribution in [0.4, 0.5) is 17.6 Å². The van der Waals surface area contributed by atoms with Gasteiger partial charge in [-0.2, -0.15) is 0 Å². The number of aromatic nitrogens is 2. The molecule has 168 valence electrons. The minimum absolute atomic E-state index is 0.0210. The van der Waals surface area contributed by atoms with Crippen LogP contribution in [0.15, 0.2) is 6.07 Å². The summed E-state index contributed by atoms with van der Waals surface area (Å²) in [6, 6.07) is 0.228. The summed E-state index contributed by atoms with van der Waals surface area (Å²) in [7, 11) is 3.34. The van der Waals surface area contributed by atoms with Crippen molar-refractivity contribution >= 4 is 18.1 Å². The SMILES string of the molecule is COCC1CCCN1C(=O)Cc1c2n(c(=S)n1C)CC(c1c(F)c(F)cc(F)c1F)C2. The second-order valence-electron chi connectivity index (χ2n) is 8.14. The molecule has 0 radical (unpaired) electrons. The normalized spacial score (nSPS) is 20.5. The Morgan fingerprint density at radius 1 is 1.23 bits per heavy atom. The van der Waals surface area contributed by atoms with Gasteiger partial charge in [-0.1, -0.05) is 0 Å². The quantitative estimate of drug-likeness (QED) is 0.391. The van der Waals surface area contributed by atoms with Crippen molar-refractivity contribution in [2.45, 2.75) is 44.2 Å². The number of ether oxygens (including phenoxy) is 1. The van der Waals surface area contributed by atoms with Gasteiger partial charge in [0.15, 0.2) is 28.0 Å². The molecule has 31 heavy (non-hydrogen) atoms. The lowest BCUT2D eigenvalue weighted by molar-refractivity contribution is -0.132. The van der Waals surface area contributed by atoms with Gasteiger partial charge in [0.05, 0.1) is 19.1 Å². The van der Waals surface area contributed by atoms with E-state index in [4.69, 9.17) is 17.0 Å². The molecule has 1 aromatic heterocycles. The van der Waals surface area contributed by atoms with Crippen molar-refractivity contribution in [2.75, 3.05) is 20.3 Å². The smallest absolute Gasteiger partial charge is 0.228 e. The van der Waals surface area contributed by atoms with Gasteiger partial charge in [-0.25, -0.2) is 17.6 Å². The standard InChI is InChI=1S/C21H23F4N3O2S/c1-26-15(8-17(29)27-5-3-4-12(27)10-30-2)16-6-11(9-28(16)21(26)31)18-19(24)13(22)7-14(23)20(18)25/h7,11-12H,3-6,8-10H2,1-2H3. The Bertz CT molecular complexity index is 1070. The van der Waals surface area contributed by atoms with Crippen molar-refractivity contribution in [2.24, 2.45) is 7.05 Å². The van der Waals surface area contributed by atoms with E-state index in [1.807, 2.05) is 0 Å². The highest BCUT2D eigenvalue weighted by atomic mass is 32.1. The van der Waals surface area contributed by atoms with Crippen LogP contribution in [-0.2, 0) is 36.0 Å². The molecule has 0 spiro atoms. The van der Waals surface area contributed by atoms with Gasteiger partial charge in [0.1, 0.15) is 0 Å². The van der Waals surface area contributed by atoms with E-state index in [9.17, 15) is 22.4 Å². The summed E-state index contributed by atoms with van der Waals surface area (Å²) in [6.07, 6.45) is 1.98. The van der Waals surface area contributed by atoms with Gasteiger partial charge in [-0.05, 0) is 31.5 Å². The number of carbonyl (C=O) groups excluding carboxylic acids is 1. The number of carbonyl (C=O) groups is 1. The summed E-state index contributed by atoms with van der Waals surface area (Å²) < 4.78 is 65.1. The van der Waals surface area contributed by atoms with Crippen molar-refractivity contribution in [3.63, 3.8) is 0 Å². The van der Waals surface area contributed by atoms with Crippen molar-refractivity contribution in [1.82, 2.24) is 14.0 Å². The maximum Gasteiger partial charge on any atom is 0.228 e. The summed E-state index contributed by atoms with van der Waals surface area (Å²) >= 11 is 5.46. The number of halogens is 4. The van der Waals surface area contributed by atoms with Gasteiger partial charge in [0.25, 0.3) is 0 Å². The van der Waals surface area contributed by atoms with Crippen LogP contribution in [0.25, 0.3) is 0 Å². The van der Waals surface area contributed by atoms with Gasteiger partial charge >= 0.3 is 0 Å². The maximum absolute atomic E-state index is 14.3. The summed E-state index contributed by atoms with van der Waals surface area (Å²) in [6.45, 7) is 1.20. The topological polar surface area (TPSA) is 39.4 Å². The molecular formula is C21H23F4N3O2S. The van der Waals surface area contributed by atoms with E-state index in [-0.39, 0.29) is 37.4 Å². The number of hydrogen-bond acceptors (Lipinski definition) is 3. The van der Waals surface area contributed by atoms with E-state index < -0.39 is 34.8 Å². The molecule has 0 aliphatic carbocycles. The first-order chi connectivity index (χ1) is 14.7. The Hall–Kier alpha value is -2.20. The number of likely N-dealkylation sites (tertiary alicyclic amines) is 1. The Morgan fingerprint density at radius 3 is 2.55 bits per heavy atom. The molecule has 2 aliphatic rings. The van der Waals surface area contributed by atoms with Gasteiger partial charge in [-0.3, -0.25) is 4.79 Å². The second kappa shape index (κ2) is 8.38. The molecule has 1 saturated heterocycles. The number of imidazole rings is 1. The number of amides is 1. The molecule has 5 nitrogen and oxygen atoms in total. The monoisotopic (exact) mass is 457 g/mol. The van der Waals surface area contributed by atoms with Crippen LogP contribution >= 0.6 is 12.2 Å². The molecular weight excluding hydrogens is 434 g/mol. The highest BCUT2D eigenvalue weighted by Crippen LogP contribution is 2.37. The van der Waals surface area contributed by atoms with E-state index in [1.54, 1.807) is 28.2 Å². The molecule has 2 atom stereocenters. The first kappa shape index (κ1) is 22.0. The van der Waals surface area contributed by atoms with E-state index >= 15 is 0 Å². The lowest BCUT2D eigenvalue weighted by Gasteiger charge is -2.24. The van der Waals surface area contributed by atoms with Crippen molar-refractivity contribution in [3.8, 4) is 0 Å². The molecule has 0 saturated carbocycles. The predicted octanol–water partition coefficient (Wildman–Crippen LogP) is 3.63. The molecule has 0 bridgehead atoms. The summed E-state index contributed by atoms with van der Waals surface area (Å²) in [5.74, 6) is -6.52. The Balaban J connectivity index is 1.63. The van der Waals surface area contributed by atoms with Crippen LogP contribution < -0.4 is 0 Å². The largest absolute Gasteiger partial charge is 0.383 e. The second-order valence-corrected chi connectivity index (χ2v) is 8.51. The number of methoxy groups -OCH3 is 1. The third kappa shape index (κ3) is 3.69. The van der Waals surface area contributed by atoms with Crippen LogP contribution in [0.5, 0.6) is 0 Å². The van der Waals surface area contributed by atoms with Gasteiger partial charge < -0.3 is 18.8 Å². The van der Waals surface area contributed by atoms with Gasteiger partial charge in [0, 0.05) is 56.2 Å². The molecule has 3 heterocycles. The number of nitrogens with zero attached hydrogens (tertiary/aromatic N) is 3. The fraction of sp³-hybridized carbons (Fsp3) is 0.524. The molecule has 10 heteroatoms. The number of benzene rings is 1. The first-order valence-electron chi connectivity index (χ1n) is 10.1. The molecule has 1 aromatic carbocycles. The highest BCUT2D eigenvalue weighted by Gasteiger charge is 2.36. The maximum atomic E-state index is 14.3. The number of rotatable bonds is 5. The fourth-order valence-corrected chi connectivity index (χ4v) is 5.13. The van der Waals surface area contributed by atoms with Crippen LogP contribution in [0.2, 0.25) is 0 Å². The summed E-state index contributed by atoms with van der Waals surface area (Å²) in [4.78, 5) is 14.8. The van der Waals surface area contributed by atoms with Crippen molar-refractivity contribution in [1.29, 1.82) is 0 Å². The predicted molar refractivity (Wildman–Crippen MR) is 107 cm³/mol. The van der Waals surface area contributed by atoms with Crippen molar-refractivity contribution in [3.05, 3.63) is 51.1 Å². The molecule has 4 rings (SSSR count). The number of hydrogen-bond donors (Lipinski definition) is 0.